The second-order valence-corrected chi connectivity index (χ2v) is 4.44. The summed E-state index contributed by atoms with van der Waals surface area (Å²) in [4.78, 5) is 4.70. The summed E-state index contributed by atoms with van der Waals surface area (Å²) in [5.74, 6) is 0.873. The molecular formula is C17H19NO. The van der Waals surface area contributed by atoms with Gasteiger partial charge in [-0.3, -0.25) is 4.99 Å². The van der Waals surface area contributed by atoms with Gasteiger partial charge in [0.2, 0.25) is 0 Å². The molecule has 0 N–H and O–H groups in total. The fourth-order valence-electron chi connectivity index (χ4n) is 1.96. The molecule has 0 aliphatic heterocycles. The minimum absolute atomic E-state index is 0.730. The van der Waals surface area contributed by atoms with Crippen LogP contribution in [-0.2, 0) is 6.54 Å². The largest absolute Gasteiger partial charge is 0.465 e. The van der Waals surface area contributed by atoms with E-state index >= 15 is 0 Å². The highest BCUT2D eigenvalue weighted by atomic mass is 16.3. The molecule has 0 spiro atoms. The number of nitrogens with zero attached hydrogens (tertiary/aromatic N) is 1. The average Bonchev–Trinajstić information content (AvgIpc) is 2.93. The Bertz CT molecular complexity index is 550. The number of allylic oxidation sites excluding steroid dienone is 1. The molecule has 98 valence electrons. The van der Waals surface area contributed by atoms with Crippen LogP contribution in [0.4, 0.5) is 0 Å². The predicted molar refractivity (Wildman–Crippen MR) is 80.2 cm³/mol. The van der Waals surface area contributed by atoms with Gasteiger partial charge in [-0.25, -0.2) is 0 Å². The van der Waals surface area contributed by atoms with Gasteiger partial charge in [0.15, 0.2) is 0 Å². The van der Waals surface area contributed by atoms with Crippen molar-refractivity contribution in [2.75, 3.05) is 0 Å². The Hall–Kier alpha value is -2.09. The quantitative estimate of drug-likeness (QED) is 0.707. The van der Waals surface area contributed by atoms with Gasteiger partial charge in [-0.1, -0.05) is 37.3 Å². The number of hydrogen-bond donors (Lipinski definition) is 0. The highest BCUT2D eigenvalue weighted by molar-refractivity contribution is 6.02. The van der Waals surface area contributed by atoms with Gasteiger partial charge in [0.25, 0.3) is 0 Å². The maximum absolute atomic E-state index is 5.33. The molecule has 1 heterocycles. The van der Waals surface area contributed by atoms with Crippen molar-refractivity contribution in [2.24, 2.45) is 4.99 Å². The zero-order valence-electron chi connectivity index (χ0n) is 11.5. The van der Waals surface area contributed by atoms with E-state index in [2.05, 4.69) is 26.0 Å². The summed E-state index contributed by atoms with van der Waals surface area (Å²) in [6, 6.07) is 14.2. The zero-order valence-corrected chi connectivity index (χ0v) is 11.5. The molecule has 0 aliphatic carbocycles. The smallest absolute Gasteiger partial charge is 0.126 e. The molecule has 1 aromatic heterocycles. The SMILES string of the molecule is CCC(=NCc1ccccc1)/C(C)=C/c1ccco1. The van der Waals surface area contributed by atoms with Crippen molar-refractivity contribution >= 4 is 11.8 Å². The molecule has 0 fully saturated rings. The monoisotopic (exact) mass is 253 g/mol. The zero-order chi connectivity index (χ0) is 13.5. The van der Waals surface area contributed by atoms with Gasteiger partial charge in [-0.05, 0) is 42.7 Å². The van der Waals surface area contributed by atoms with Crippen molar-refractivity contribution in [3.05, 3.63) is 65.6 Å². The lowest BCUT2D eigenvalue weighted by molar-refractivity contribution is 0.557. The molecule has 0 aliphatic rings. The molecule has 19 heavy (non-hydrogen) atoms. The molecular weight excluding hydrogens is 234 g/mol. The highest BCUT2D eigenvalue weighted by Gasteiger charge is 2.01. The van der Waals surface area contributed by atoms with Crippen LogP contribution < -0.4 is 0 Å². The van der Waals surface area contributed by atoms with Crippen LogP contribution in [0, 0.1) is 0 Å². The molecule has 2 rings (SSSR count). The fourth-order valence-corrected chi connectivity index (χ4v) is 1.96. The first-order chi connectivity index (χ1) is 9.29. The molecule has 0 saturated carbocycles. The van der Waals surface area contributed by atoms with Gasteiger partial charge in [-0.2, -0.15) is 0 Å². The molecule has 2 nitrogen and oxygen atoms in total. The van der Waals surface area contributed by atoms with E-state index in [0.717, 1.165) is 30.0 Å². The maximum Gasteiger partial charge on any atom is 0.126 e. The van der Waals surface area contributed by atoms with Crippen molar-refractivity contribution in [1.82, 2.24) is 0 Å². The lowest BCUT2D eigenvalue weighted by atomic mass is 10.1. The van der Waals surface area contributed by atoms with Crippen LogP contribution in [0.25, 0.3) is 6.08 Å². The van der Waals surface area contributed by atoms with Crippen LogP contribution >= 0.6 is 0 Å². The van der Waals surface area contributed by atoms with Crippen molar-refractivity contribution in [3.63, 3.8) is 0 Å². The van der Waals surface area contributed by atoms with Gasteiger partial charge in [0, 0.05) is 5.71 Å². The third-order valence-electron chi connectivity index (χ3n) is 2.99. The Morgan fingerprint density at radius 1 is 1.16 bits per heavy atom. The molecule has 0 saturated heterocycles. The van der Waals surface area contributed by atoms with E-state index in [1.807, 2.05) is 36.4 Å². The second-order valence-electron chi connectivity index (χ2n) is 4.44. The van der Waals surface area contributed by atoms with Crippen molar-refractivity contribution in [1.29, 1.82) is 0 Å². The summed E-state index contributed by atoms with van der Waals surface area (Å²) in [7, 11) is 0. The van der Waals surface area contributed by atoms with Gasteiger partial charge < -0.3 is 4.42 Å². The Labute approximate surface area is 114 Å². The lowest BCUT2D eigenvalue weighted by Crippen LogP contribution is -1.99. The predicted octanol–water partition coefficient (Wildman–Crippen LogP) is 4.73. The molecule has 2 aromatic rings. The van der Waals surface area contributed by atoms with Gasteiger partial charge in [0.05, 0.1) is 12.8 Å². The Kier molecular flexibility index (Phi) is 4.73. The van der Waals surface area contributed by atoms with E-state index in [0.29, 0.717) is 0 Å². The summed E-state index contributed by atoms with van der Waals surface area (Å²) in [5, 5.41) is 0. The first kappa shape index (κ1) is 13.3. The molecule has 1 aromatic carbocycles. The van der Waals surface area contributed by atoms with Crippen LogP contribution in [0.3, 0.4) is 0 Å². The first-order valence-corrected chi connectivity index (χ1v) is 6.59. The van der Waals surface area contributed by atoms with Gasteiger partial charge in [0.1, 0.15) is 5.76 Å². The maximum atomic E-state index is 5.33. The van der Waals surface area contributed by atoms with E-state index in [-0.39, 0.29) is 0 Å². The minimum Gasteiger partial charge on any atom is -0.465 e. The molecule has 2 heteroatoms. The summed E-state index contributed by atoms with van der Waals surface area (Å²) in [6.07, 6.45) is 4.65. The number of furan rings is 1. The fraction of sp³-hybridized carbons (Fsp3) is 0.235. The first-order valence-electron chi connectivity index (χ1n) is 6.59. The summed E-state index contributed by atoms with van der Waals surface area (Å²) in [6.45, 7) is 4.94. The molecule has 0 unspecified atom stereocenters. The molecule has 0 bridgehead atoms. The third kappa shape index (κ3) is 3.95. The van der Waals surface area contributed by atoms with Crippen molar-refractivity contribution in [2.45, 2.75) is 26.8 Å². The number of rotatable bonds is 5. The highest BCUT2D eigenvalue weighted by Crippen LogP contribution is 2.11. The Morgan fingerprint density at radius 2 is 1.95 bits per heavy atom. The van der Waals surface area contributed by atoms with Crippen LogP contribution in [0.15, 0.2) is 63.7 Å². The van der Waals surface area contributed by atoms with E-state index in [4.69, 9.17) is 9.41 Å². The second kappa shape index (κ2) is 6.74. The Balaban J connectivity index is 2.11. The number of aliphatic imine (C=N–C) groups is 1. The van der Waals surface area contributed by atoms with Crippen LogP contribution in [-0.4, -0.2) is 5.71 Å². The van der Waals surface area contributed by atoms with Crippen molar-refractivity contribution in [3.8, 4) is 0 Å². The van der Waals surface area contributed by atoms with Crippen LogP contribution in [0.2, 0.25) is 0 Å². The van der Waals surface area contributed by atoms with Crippen LogP contribution in [0.1, 0.15) is 31.6 Å². The molecule has 0 atom stereocenters. The Morgan fingerprint density at radius 3 is 2.58 bits per heavy atom. The van der Waals surface area contributed by atoms with E-state index < -0.39 is 0 Å². The van der Waals surface area contributed by atoms with Crippen molar-refractivity contribution < 1.29 is 4.42 Å². The standard InChI is InChI=1S/C17H19NO/c1-3-17(14(2)12-16-10-7-11-19-16)18-13-15-8-5-4-6-9-15/h4-12H,3,13H2,1-2H3/b14-12+,18-17?. The average molecular weight is 253 g/mol. The summed E-state index contributed by atoms with van der Waals surface area (Å²) < 4.78 is 5.33. The topological polar surface area (TPSA) is 25.5 Å². The lowest BCUT2D eigenvalue weighted by Gasteiger charge is -2.04. The molecule has 0 amide bonds. The van der Waals surface area contributed by atoms with E-state index in [9.17, 15) is 0 Å². The number of benzene rings is 1. The van der Waals surface area contributed by atoms with Gasteiger partial charge in [-0.15, -0.1) is 0 Å². The summed E-state index contributed by atoms with van der Waals surface area (Å²) in [5.41, 5.74) is 3.52. The number of hydrogen-bond acceptors (Lipinski definition) is 2. The molecule has 0 radical (unpaired) electrons. The minimum atomic E-state index is 0.730. The van der Waals surface area contributed by atoms with E-state index in [1.165, 1.54) is 5.56 Å². The summed E-state index contributed by atoms with van der Waals surface area (Å²) >= 11 is 0. The van der Waals surface area contributed by atoms with E-state index in [1.54, 1.807) is 6.26 Å². The normalized spacial score (nSPS) is 12.7. The third-order valence-corrected chi connectivity index (χ3v) is 2.99. The van der Waals surface area contributed by atoms with Crippen LogP contribution in [0.5, 0.6) is 0 Å². The van der Waals surface area contributed by atoms with Gasteiger partial charge >= 0.3 is 0 Å².